The quantitative estimate of drug-likeness (QED) is 0.616. The summed E-state index contributed by atoms with van der Waals surface area (Å²) in [5.74, 6) is 1.69. The second kappa shape index (κ2) is 8.99. The van der Waals surface area contributed by atoms with Crippen LogP contribution in [0, 0.1) is 6.92 Å². The van der Waals surface area contributed by atoms with Gasteiger partial charge in [-0.15, -0.1) is 0 Å². The predicted octanol–water partition coefficient (Wildman–Crippen LogP) is 4.85. The van der Waals surface area contributed by atoms with Crippen LogP contribution >= 0.6 is 0 Å². The Hall–Kier alpha value is -3.41. The molecule has 2 aromatic carbocycles. The van der Waals surface area contributed by atoms with Crippen molar-refractivity contribution in [2.24, 2.45) is 0 Å². The lowest BCUT2D eigenvalue weighted by Gasteiger charge is -2.12. The summed E-state index contributed by atoms with van der Waals surface area (Å²) in [6, 6.07) is 18.9. The van der Waals surface area contributed by atoms with Crippen molar-refractivity contribution in [2.75, 3.05) is 5.32 Å². The zero-order valence-corrected chi connectivity index (χ0v) is 16.3. The van der Waals surface area contributed by atoms with E-state index in [0.717, 1.165) is 29.3 Å². The van der Waals surface area contributed by atoms with Crippen LogP contribution in [-0.2, 0) is 0 Å². The van der Waals surface area contributed by atoms with Gasteiger partial charge < -0.3 is 15.4 Å². The van der Waals surface area contributed by atoms with E-state index >= 15 is 0 Å². The highest BCUT2D eigenvalue weighted by Crippen LogP contribution is 2.23. The lowest BCUT2D eigenvalue weighted by Crippen LogP contribution is -2.32. The fourth-order valence-electron chi connectivity index (χ4n) is 2.50. The lowest BCUT2D eigenvalue weighted by atomic mass is 10.2. The summed E-state index contributed by atoms with van der Waals surface area (Å²) in [5, 5.41) is 6.06. The zero-order valence-electron chi connectivity index (χ0n) is 16.3. The van der Waals surface area contributed by atoms with Gasteiger partial charge in [-0.3, -0.25) is 4.79 Å². The van der Waals surface area contributed by atoms with Gasteiger partial charge in [0.25, 0.3) is 5.91 Å². The molecule has 3 aromatic rings. The van der Waals surface area contributed by atoms with Crippen molar-refractivity contribution >= 4 is 17.5 Å². The predicted molar refractivity (Wildman–Crippen MR) is 110 cm³/mol. The van der Waals surface area contributed by atoms with Crippen LogP contribution in [0.1, 0.15) is 36.5 Å². The van der Waals surface area contributed by atoms with E-state index in [4.69, 9.17) is 4.74 Å². The summed E-state index contributed by atoms with van der Waals surface area (Å²) in [6.45, 7) is 5.82. The van der Waals surface area contributed by atoms with Crippen molar-refractivity contribution in [3.8, 4) is 11.5 Å². The van der Waals surface area contributed by atoms with Gasteiger partial charge in [0, 0.05) is 17.4 Å². The maximum absolute atomic E-state index is 12.3. The Bertz CT molecular complexity index is 927. The van der Waals surface area contributed by atoms with Crippen LogP contribution in [0.4, 0.5) is 11.6 Å². The SMILES string of the molecule is CCC(C)NC(=O)c1cc(C)nc(Nc2ccc(Oc3ccccc3)cc2)n1. The number of aromatic nitrogens is 2. The van der Waals surface area contributed by atoms with Gasteiger partial charge in [-0.2, -0.15) is 0 Å². The summed E-state index contributed by atoms with van der Waals surface area (Å²) in [7, 11) is 0. The van der Waals surface area contributed by atoms with Gasteiger partial charge in [0.1, 0.15) is 17.2 Å². The van der Waals surface area contributed by atoms with E-state index < -0.39 is 0 Å². The van der Waals surface area contributed by atoms with Crippen molar-refractivity contribution in [1.29, 1.82) is 0 Å². The van der Waals surface area contributed by atoms with Crippen LogP contribution < -0.4 is 15.4 Å². The minimum absolute atomic E-state index is 0.0938. The lowest BCUT2D eigenvalue weighted by molar-refractivity contribution is 0.0934. The molecule has 0 saturated carbocycles. The summed E-state index contributed by atoms with van der Waals surface area (Å²) >= 11 is 0. The molecule has 1 amide bonds. The van der Waals surface area contributed by atoms with Gasteiger partial charge in [0.2, 0.25) is 5.95 Å². The molecule has 1 heterocycles. The standard InChI is InChI=1S/C22H24N4O2/c1-4-15(2)23-21(27)20-14-16(3)24-22(26-20)25-17-10-12-19(13-11-17)28-18-8-6-5-7-9-18/h5-15H,4H2,1-3H3,(H,23,27)(H,24,25,26). The summed E-state index contributed by atoms with van der Waals surface area (Å²) in [6.07, 6.45) is 0.859. The monoisotopic (exact) mass is 376 g/mol. The number of hydrogen-bond acceptors (Lipinski definition) is 5. The molecule has 0 saturated heterocycles. The van der Waals surface area contributed by atoms with Crippen LogP contribution in [0.3, 0.4) is 0 Å². The Morgan fingerprint density at radius 2 is 1.71 bits per heavy atom. The van der Waals surface area contributed by atoms with E-state index in [1.807, 2.05) is 75.4 Å². The number of anilines is 2. The van der Waals surface area contributed by atoms with E-state index in [9.17, 15) is 4.79 Å². The smallest absolute Gasteiger partial charge is 0.270 e. The first-order valence-corrected chi connectivity index (χ1v) is 9.30. The molecule has 0 aliphatic heterocycles. The fourth-order valence-corrected chi connectivity index (χ4v) is 2.50. The Labute approximate surface area is 165 Å². The van der Waals surface area contributed by atoms with Crippen molar-refractivity contribution in [3.63, 3.8) is 0 Å². The molecular weight excluding hydrogens is 352 g/mol. The number of carbonyl (C=O) groups is 1. The molecule has 144 valence electrons. The number of ether oxygens (including phenoxy) is 1. The molecule has 0 radical (unpaired) electrons. The topological polar surface area (TPSA) is 76.1 Å². The van der Waals surface area contributed by atoms with Crippen LogP contribution in [0.15, 0.2) is 60.7 Å². The molecule has 1 aromatic heterocycles. The van der Waals surface area contributed by atoms with Gasteiger partial charge in [0.15, 0.2) is 0 Å². The summed E-state index contributed by atoms with van der Waals surface area (Å²) in [4.78, 5) is 21.1. The molecule has 0 bridgehead atoms. The minimum atomic E-state index is -0.200. The van der Waals surface area contributed by atoms with Crippen molar-refractivity contribution in [3.05, 3.63) is 72.1 Å². The van der Waals surface area contributed by atoms with E-state index in [2.05, 4.69) is 20.6 Å². The number of aryl methyl sites for hydroxylation is 1. The van der Waals surface area contributed by atoms with Crippen molar-refractivity contribution in [2.45, 2.75) is 33.2 Å². The van der Waals surface area contributed by atoms with E-state index in [0.29, 0.717) is 11.6 Å². The highest BCUT2D eigenvalue weighted by Gasteiger charge is 2.12. The first-order chi connectivity index (χ1) is 13.5. The molecule has 0 spiro atoms. The molecule has 6 nitrogen and oxygen atoms in total. The number of benzene rings is 2. The average Bonchev–Trinajstić information content (AvgIpc) is 2.69. The molecule has 0 aliphatic carbocycles. The Morgan fingerprint density at radius 1 is 1.04 bits per heavy atom. The zero-order chi connectivity index (χ0) is 19.9. The third-order valence-electron chi connectivity index (χ3n) is 4.17. The molecule has 0 aliphatic rings. The van der Waals surface area contributed by atoms with Gasteiger partial charge >= 0.3 is 0 Å². The molecule has 28 heavy (non-hydrogen) atoms. The first-order valence-electron chi connectivity index (χ1n) is 9.30. The number of carbonyl (C=O) groups excluding carboxylic acids is 1. The number of nitrogens with zero attached hydrogens (tertiary/aromatic N) is 2. The number of para-hydroxylation sites is 1. The number of rotatable bonds is 7. The molecule has 6 heteroatoms. The van der Waals surface area contributed by atoms with Gasteiger partial charge in [0.05, 0.1) is 0 Å². The van der Waals surface area contributed by atoms with E-state index in [1.165, 1.54) is 0 Å². The number of hydrogen-bond donors (Lipinski definition) is 2. The summed E-state index contributed by atoms with van der Waals surface area (Å²) in [5.41, 5.74) is 1.87. The third kappa shape index (κ3) is 5.30. The highest BCUT2D eigenvalue weighted by atomic mass is 16.5. The molecule has 3 rings (SSSR count). The second-order valence-electron chi connectivity index (χ2n) is 6.57. The normalized spacial score (nSPS) is 11.5. The molecule has 0 fully saturated rings. The maximum atomic E-state index is 12.3. The Morgan fingerprint density at radius 3 is 2.39 bits per heavy atom. The largest absolute Gasteiger partial charge is 0.457 e. The van der Waals surface area contributed by atoms with E-state index in [-0.39, 0.29) is 11.9 Å². The second-order valence-corrected chi connectivity index (χ2v) is 6.57. The maximum Gasteiger partial charge on any atom is 0.270 e. The van der Waals surface area contributed by atoms with Crippen molar-refractivity contribution in [1.82, 2.24) is 15.3 Å². The van der Waals surface area contributed by atoms with E-state index in [1.54, 1.807) is 6.07 Å². The van der Waals surface area contributed by atoms with Gasteiger partial charge in [-0.05, 0) is 62.7 Å². The summed E-state index contributed by atoms with van der Waals surface area (Å²) < 4.78 is 5.79. The average molecular weight is 376 g/mol. The highest BCUT2D eigenvalue weighted by molar-refractivity contribution is 5.92. The Balaban J connectivity index is 1.70. The number of nitrogens with one attached hydrogen (secondary N) is 2. The van der Waals surface area contributed by atoms with Crippen LogP contribution in [0.25, 0.3) is 0 Å². The Kier molecular flexibility index (Phi) is 6.22. The third-order valence-corrected chi connectivity index (χ3v) is 4.17. The fraction of sp³-hybridized carbons (Fsp3) is 0.227. The van der Waals surface area contributed by atoms with Crippen LogP contribution in [0.5, 0.6) is 11.5 Å². The molecular formula is C22H24N4O2. The minimum Gasteiger partial charge on any atom is -0.457 e. The van der Waals surface area contributed by atoms with Gasteiger partial charge in [-0.25, -0.2) is 9.97 Å². The van der Waals surface area contributed by atoms with Gasteiger partial charge in [-0.1, -0.05) is 25.1 Å². The number of amides is 1. The van der Waals surface area contributed by atoms with Crippen LogP contribution in [0.2, 0.25) is 0 Å². The molecule has 1 atom stereocenters. The molecule has 2 N–H and O–H groups in total. The molecule has 1 unspecified atom stereocenters. The van der Waals surface area contributed by atoms with Crippen LogP contribution in [-0.4, -0.2) is 21.9 Å². The first kappa shape index (κ1) is 19.4. The van der Waals surface area contributed by atoms with Crippen molar-refractivity contribution < 1.29 is 9.53 Å².